The number of halogens is 2. The summed E-state index contributed by atoms with van der Waals surface area (Å²) >= 11 is 3.06. The van der Waals surface area contributed by atoms with Crippen LogP contribution in [0.3, 0.4) is 0 Å². The second kappa shape index (κ2) is 11.0. The van der Waals surface area contributed by atoms with Crippen LogP contribution >= 0.6 is 23.1 Å². The summed E-state index contributed by atoms with van der Waals surface area (Å²) in [5.41, 5.74) is 2.32. The summed E-state index contributed by atoms with van der Waals surface area (Å²) < 4.78 is 38.5. The predicted octanol–water partition coefficient (Wildman–Crippen LogP) is 6.72. The highest BCUT2D eigenvalue weighted by Gasteiger charge is 2.26. The Labute approximate surface area is 205 Å². The van der Waals surface area contributed by atoms with Gasteiger partial charge in [-0.2, -0.15) is 8.78 Å². The van der Waals surface area contributed by atoms with Crippen LogP contribution in [0.4, 0.5) is 8.78 Å². The van der Waals surface area contributed by atoms with Gasteiger partial charge in [0, 0.05) is 34.2 Å². The first-order chi connectivity index (χ1) is 16.2. The first-order valence-electron chi connectivity index (χ1n) is 10.4. The number of carboxylic acid groups (broad SMARTS) is 1. The fourth-order valence-corrected chi connectivity index (χ4v) is 5.55. The van der Waals surface area contributed by atoms with Gasteiger partial charge in [0.2, 0.25) is 0 Å². The Balaban J connectivity index is 1.80. The van der Waals surface area contributed by atoms with E-state index in [4.69, 9.17) is 14.6 Å². The molecule has 0 unspecified atom stereocenters. The largest absolute Gasteiger partial charge is 0.496 e. The molecule has 0 saturated heterocycles. The summed E-state index contributed by atoms with van der Waals surface area (Å²) in [5.74, 6) is -2.09. The summed E-state index contributed by atoms with van der Waals surface area (Å²) in [6.07, 6.45) is 0.980. The number of methoxy groups -OCH3 is 2. The second-order valence-corrected chi connectivity index (χ2v) is 9.53. The van der Waals surface area contributed by atoms with Crippen molar-refractivity contribution >= 4 is 29.1 Å². The van der Waals surface area contributed by atoms with Crippen LogP contribution in [0, 0.1) is 6.92 Å². The van der Waals surface area contributed by atoms with E-state index in [0.717, 1.165) is 31.6 Å². The minimum atomic E-state index is -3.07. The monoisotopic (exact) mass is 505 g/mol. The maximum atomic E-state index is 13.8. The number of allylic oxidation sites excluding steroid dienone is 1. The Morgan fingerprint density at radius 1 is 1.21 bits per heavy atom. The Morgan fingerprint density at radius 2 is 1.88 bits per heavy atom. The van der Waals surface area contributed by atoms with Gasteiger partial charge < -0.3 is 14.6 Å². The van der Waals surface area contributed by atoms with Crippen LogP contribution in [-0.2, 0) is 22.9 Å². The number of rotatable bonds is 11. The van der Waals surface area contributed by atoms with Crippen LogP contribution < -0.4 is 9.47 Å². The van der Waals surface area contributed by atoms with Gasteiger partial charge in [-0.25, -0.2) is 4.98 Å². The molecule has 0 amide bonds. The molecule has 34 heavy (non-hydrogen) atoms. The molecule has 0 bridgehead atoms. The zero-order valence-electron chi connectivity index (χ0n) is 19.1. The maximum Gasteiger partial charge on any atom is 0.303 e. The number of alkyl halides is 2. The van der Waals surface area contributed by atoms with Crippen molar-refractivity contribution in [2.45, 2.75) is 36.3 Å². The molecule has 0 aliphatic rings. The number of hydrogen-bond donors (Lipinski definition) is 1. The van der Waals surface area contributed by atoms with Crippen molar-refractivity contribution in [1.82, 2.24) is 4.98 Å². The fraction of sp³-hybridized carbons (Fsp3) is 0.280. The molecule has 1 N–H and O–H groups in total. The van der Waals surface area contributed by atoms with Crippen LogP contribution in [0.2, 0.25) is 0 Å². The van der Waals surface area contributed by atoms with Crippen molar-refractivity contribution in [3.63, 3.8) is 0 Å². The van der Waals surface area contributed by atoms with E-state index in [1.54, 1.807) is 44.2 Å². The van der Waals surface area contributed by atoms with E-state index in [-0.39, 0.29) is 12.0 Å². The Bertz CT molecular complexity index is 1180. The van der Waals surface area contributed by atoms with E-state index in [2.05, 4.69) is 11.6 Å². The van der Waals surface area contributed by atoms with Gasteiger partial charge in [-0.1, -0.05) is 30.8 Å². The molecule has 5 nitrogen and oxygen atoms in total. The molecule has 0 fully saturated rings. The lowest BCUT2D eigenvalue weighted by molar-refractivity contribution is -0.136. The van der Waals surface area contributed by atoms with E-state index < -0.39 is 11.9 Å². The van der Waals surface area contributed by atoms with Crippen LogP contribution in [0.15, 0.2) is 53.9 Å². The summed E-state index contributed by atoms with van der Waals surface area (Å²) in [7, 11) is 3.12. The van der Waals surface area contributed by atoms with Gasteiger partial charge in [0.05, 0.1) is 24.8 Å². The number of nitrogens with zero attached hydrogens (tertiary/aromatic N) is 1. The van der Waals surface area contributed by atoms with E-state index in [1.807, 2.05) is 13.0 Å². The third-order valence-electron chi connectivity index (χ3n) is 5.20. The first kappa shape index (κ1) is 25.7. The highest BCUT2D eigenvalue weighted by molar-refractivity contribution is 7.98. The van der Waals surface area contributed by atoms with Crippen LogP contribution in [0.25, 0.3) is 10.6 Å². The highest BCUT2D eigenvalue weighted by Crippen LogP contribution is 2.40. The molecule has 0 atom stereocenters. The third-order valence-corrected chi connectivity index (χ3v) is 7.65. The van der Waals surface area contributed by atoms with Crippen molar-refractivity contribution in [2.75, 3.05) is 14.2 Å². The van der Waals surface area contributed by atoms with Gasteiger partial charge in [0.25, 0.3) is 5.92 Å². The van der Waals surface area contributed by atoms with Crippen molar-refractivity contribution in [1.29, 1.82) is 0 Å². The number of ether oxygens (including phenoxy) is 2. The van der Waals surface area contributed by atoms with E-state index in [0.29, 0.717) is 29.7 Å². The average Bonchev–Trinajstić information content (AvgIpc) is 3.21. The van der Waals surface area contributed by atoms with E-state index in [1.165, 1.54) is 23.5 Å². The van der Waals surface area contributed by atoms with Gasteiger partial charge in [-0.3, -0.25) is 4.79 Å². The van der Waals surface area contributed by atoms with Gasteiger partial charge in [0.1, 0.15) is 16.5 Å². The summed E-state index contributed by atoms with van der Waals surface area (Å²) in [6.45, 7) is 5.11. The fourth-order valence-electron chi connectivity index (χ4n) is 3.26. The number of thioether (sulfide) groups is 1. The van der Waals surface area contributed by atoms with Gasteiger partial charge in [-0.15, -0.1) is 23.1 Å². The van der Waals surface area contributed by atoms with Crippen molar-refractivity contribution in [2.24, 2.45) is 0 Å². The SMILES string of the molecule is C=CC(F)(F)c1ccc(-c2nc(C)c(CSc3cc(CCC(=O)O)c(OC)cc3OC)s2)cc1. The summed E-state index contributed by atoms with van der Waals surface area (Å²) in [4.78, 5) is 17.6. The molecule has 180 valence electrons. The first-order valence-corrected chi connectivity index (χ1v) is 12.2. The molecule has 0 aliphatic carbocycles. The average molecular weight is 506 g/mol. The minimum Gasteiger partial charge on any atom is -0.496 e. The third kappa shape index (κ3) is 5.95. The zero-order valence-corrected chi connectivity index (χ0v) is 20.7. The predicted molar refractivity (Wildman–Crippen MR) is 131 cm³/mol. The molecular formula is C25H25F2NO4S2. The number of carboxylic acids is 1. The Hall–Kier alpha value is -2.91. The van der Waals surface area contributed by atoms with Gasteiger partial charge >= 0.3 is 5.97 Å². The standard InChI is InChI=1S/C25H25F2NO4S2/c1-5-25(26,27)18-9-6-16(7-10-18)24-28-15(2)22(34-24)14-33-21-12-17(8-11-23(29)30)19(31-3)13-20(21)32-4/h5-7,9-10,12-13H,1,8,11,14H2,2-4H3,(H,29,30). The molecular weight excluding hydrogens is 480 g/mol. The lowest BCUT2D eigenvalue weighted by Gasteiger charge is -2.14. The van der Waals surface area contributed by atoms with E-state index in [9.17, 15) is 13.6 Å². The van der Waals surface area contributed by atoms with E-state index >= 15 is 0 Å². The number of aliphatic carboxylic acids is 1. The van der Waals surface area contributed by atoms with Gasteiger partial charge in [0.15, 0.2) is 0 Å². The molecule has 0 aliphatic heterocycles. The van der Waals surface area contributed by atoms with Crippen LogP contribution in [0.1, 0.15) is 28.1 Å². The van der Waals surface area contributed by atoms with Crippen LogP contribution in [0.5, 0.6) is 11.5 Å². The van der Waals surface area contributed by atoms with Gasteiger partial charge in [-0.05, 0) is 31.1 Å². The molecule has 1 aromatic heterocycles. The number of carbonyl (C=O) groups is 1. The normalized spacial score (nSPS) is 11.3. The number of thiazole rings is 1. The molecule has 3 aromatic rings. The second-order valence-electron chi connectivity index (χ2n) is 7.43. The molecule has 3 rings (SSSR count). The number of benzene rings is 2. The summed E-state index contributed by atoms with van der Waals surface area (Å²) in [5, 5.41) is 9.79. The summed E-state index contributed by atoms with van der Waals surface area (Å²) in [6, 6.07) is 9.74. The molecule has 0 radical (unpaired) electrons. The Morgan fingerprint density at radius 3 is 2.47 bits per heavy atom. The van der Waals surface area contributed by atoms with Crippen molar-refractivity contribution in [3.8, 4) is 22.1 Å². The molecule has 9 heteroatoms. The highest BCUT2D eigenvalue weighted by atomic mass is 32.2. The number of hydrogen-bond acceptors (Lipinski definition) is 6. The topological polar surface area (TPSA) is 68.7 Å². The lowest BCUT2D eigenvalue weighted by Crippen LogP contribution is -2.08. The molecule has 0 spiro atoms. The zero-order chi connectivity index (χ0) is 24.9. The van der Waals surface area contributed by atoms with Crippen molar-refractivity contribution in [3.05, 3.63) is 70.8 Å². The molecule has 2 aromatic carbocycles. The quantitative estimate of drug-likeness (QED) is 0.230. The minimum absolute atomic E-state index is 0.00162. The smallest absolute Gasteiger partial charge is 0.303 e. The number of aryl methyl sites for hydroxylation is 2. The number of aromatic nitrogens is 1. The van der Waals surface area contributed by atoms with Crippen LogP contribution in [-0.4, -0.2) is 30.3 Å². The molecule has 0 saturated carbocycles. The van der Waals surface area contributed by atoms with Crippen molar-refractivity contribution < 1.29 is 28.2 Å². The maximum absolute atomic E-state index is 13.8. The Kier molecular flexibility index (Phi) is 8.33. The lowest BCUT2D eigenvalue weighted by atomic mass is 10.1. The molecule has 1 heterocycles.